The molecule has 0 saturated carbocycles. The van der Waals surface area contributed by atoms with Crippen LogP contribution in [0.25, 0.3) is 0 Å². The first kappa shape index (κ1) is 19.7. The van der Waals surface area contributed by atoms with Crippen LogP contribution in [0.3, 0.4) is 0 Å². The molecule has 2 aromatic rings. The van der Waals surface area contributed by atoms with Gasteiger partial charge in [0.1, 0.15) is 29.7 Å². The van der Waals surface area contributed by atoms with Crippen LogP contribution in [0.15, 0.2) is 30.3 Å². The minimum absolute atomic E-state index is 0.0705. The minimum Gasteiger partial charge on any atom is -0.497 e. The van der Waals surface area contributed by atoms with Gasteiger partial charge in [0.15, 0.2) is 6.61 Å². The van der Waals surface area contributed by atoms with Gasteiger partial charge in [-0.2, -0.15) is 4.98 Å². The zero-order chi connectivity index (χ0) is 19.8. The van der Waals surface area contributed by atoms with Gasteiger partial charge in [-0.1, -0.05) is 6.07 Å². The Morgan fingerprint density at radius 1 is 1.14 bits per heavy atom. The molecular weight excluding hydrogens is 360 g/mol. The summed E-state index contributed by atoms with van der Waals surface area (Å²) in [6, 6.07) is 8.97. The molecule has 0 radical (unpaired) electrons. The Hall–Kier alpha value is -3.03. The van der Waals surface area contributed by atoms with Gasteiger partial charge in [0.05, 0.1) is 13.7 Å². The van der Waals surface area contributed by atoms with E-state index in [9.17, 15) is 4.79 Å². The van der Waals surface area contributed by atoms with E-state index in [-0.39, 0.29) is 12.5 Å². The van der Waals surface area contributed by atoms with Crippen molar-refractivity contribution >= 4 is 11.7 Å². The van der Waals surface area contributed by atoms with E-state index < -0.39 is 0 Å². The molecule has 1 N–H and O–H groups in total. The Balaban J connectivity index is 1.39. The maximum atomic E-state index is 11.9. The standard InChI is InChI=1S/C20H26N4O4/c1-15-22-18(24-9-3-4-10-24)13-20(23-15)27-11-8-21-19(25)14-28-17-7-5-6-16(12-17)26-2/h5-7,12-13H,3-4,8-11,14H2,1-2H3,(H,21,25). The zero-order valence-corrected chi connectivity index (χ0v) is 16.3. The van der Waals surface area contributed by atoms with Crippen molar-refractivity contribution in [2.75, 3.05) is 44.9 Å². The summed E-state index contributed by atoms with van der Waals surface area (Å²) in [6.45, 7) is 4.49. The molecule has 1 saturated heterocycles. The van der Waals surface area contributed by atoms with Gasteiger partial charge in [0, 0.05) is 25.2 Å². The van der Waals surface area contributed by atoms with Gasteiger partial charge in [-0.25, -0.2) is 4.98 Å². The second-order valence-electron chi connectivity index (χ2n) is 6.47. The Morgan fingerprint density at radius 3 is 2.71 bits per heavy atom. The molecule has 2 heterocycles. The lowest BCUT2D eigenvalue weighted by molar-refractivity contribution is -0.123. The van der Waals surface area contributed by atoms with Gasteiger partial charge in [-0.05, 0) is 31.9 Å². The molecule has 1 fully saturated rings. The fourth-order valence-corrected chi connectivity index (χ4v) is 2.94. The van der Waals surface area contributed by atoms with Crippen molar-refractivity contribution in [2.24, 2.45) is 0 Å². The van der Waals surface area contributed by atoms with Gasteiger partial charge in [0.25, 0.3) is 5.91 Å². The first-order chi connectivity index (χ1) is 13.6. The summed E-state index contributed by atoms with van der Waals surface area (Å²) in [6.07, 6.45) is 2.37. The topological polar surface area (TPSA) is 85.8 Å². The Kier molecular flexibility index (Phi) is 6.89. The van der Waals surface area contributed by atoms with E-state index >= 15 is 0 Å². The average Bonchev–Trinajstić information content (AvgIpc) is 3.24. The van der Waals surface area contributed by atoms with Gasteiger partial charge >= 0.3 is 0 Å². The van der Waals surface area contributed by atoms with Gasteiger partial charge < -0.3 is 24.4 Å². The van der Waals surface area contributed by atoms with Crippen molar-refractivity contribution < 1.29 is 19.0 Å². The van der Waals surface area contributed by atoms with Crippen molar-refractivity contribution in [3.05, 3.63) is 36.2 Å². The molecular formula is C20H26N4O4. The number of methoxy groups -OCH3 is 1. The number of carbonyl (C=O) groups is 1. The number of rotatable bonds is 9. The third-order valence-corrected chi connectivity index (χ3v) is 4.32. The highest BCUT2D eigenvalue weighted by Gasteiger charge is 2.15. The Bertz CT molecular complexity index is 794. The number of nitrogens with one attached hydrogen (secondary N) is 1. The smallest absolute Gasteiger partial charge is 0.258 e. The van der Waals surface area contributed by atoms with E-state index in [1.165, 1.54) is 12.8 Å². The second kappa shape index (κ2) is 9.77. The van der Waals surface area contributed by atoms with Gasteiger partial charge in [0.2, 0.25) is 5.88 Å². The monoisotopic (exact) mass is 386 g/mol. The SMILES string of the molecule is COc1cccc(OCC(=O)NCCOc2cc(N3CCCC3)nc(C)n2)c1. The molecule has 3 rings (SSSR count). The zero-order valence-electron chi connectivity index (χ0n) is 16.3. The highest BCUT2D eigenvalue weighted by Crippen LogP contribution is 2.21. The first-order valence-corrected chi connectivity index (χ1v) is 9.41. The summed E-state index contributed by atoms with van der Waals surface area (Å²) < 4.78 is 16.3. The van der Waals surface area contributed by atoms with Crippen LogP contribution in [-0.2, 0) is 4.79 Å². The minimum atomic E-state index is -0.219. The van der Waals surface area contributed by atoms with Gasteiger partial charge in [-0.15, -0.1) is 0 Å². The molecule has 0 atom stereocenters. The van der Waals surface area contributed by atoms with Crippen LogP contribution < -0.4 is 24.4 Å². The predicted octanol–water partition coefficient (Wildman–Crippen LogP) is 1.97. The molecule has 0 aliphatic carbocycles. The molecule has 0 bridgehead atoms. The molecule has 1 aliphatic rings. The summed E-state index contributed by atoms with van der Waals surface area (Å²) >= 11 is 0. The molecule has 150 valence electrons. The Labute approximate surface area is 164 Å². The number of aromatic nitrogens is 2. The normalized spacial score (nSPS) is 13.3. The van der Waals surface area contributed by atoms with E-state index in [0.717, 1.165) is 18.9 Å². The van der Waals surface area contributed by atoms with E-state index in [1.807, 2.05) is 19.1 Å². The summed E-state index contributed by atoms with van der Waals surface area (Å²) in [5.41, 5.74) is 0. The molecule has 0 unspecified atom stereocenters. The number of ether oxygens (including phenoxy) is 3. The molecule has 8 nitrogen and oxygen atoms in total. The van der Waals surface area contributed by atoms with Crippen molar-refractivity contribution in [2.45, 2.75) is 19.8 Å². The number of aryl methyl sites for hydroxylation is 1. The summed E-state index contributed by atoms with van der Waals surface area (Å²) in [4.78, 5) is 22.9. The predicted molar refractivity (Wildman–Crippen MR) is 105 cm³/mol. The third kappa shape index (κ3) is 5.73. The number of carbonyl (C=O) groups excluding carboxylic acids is 1. The maximum absolute atomic E-state index is 11.9. The highest BCUT2D eigenvalue weighted by atomic mass is 16.5. The number of hydrogen-bond acceptors (Lipinski definition) is 7. The van der Waals surface area contributed by atoms with Crippen molar-refractivity contribution in [3.8, 4) is 17.4 Å². The van der Waals surface area contributed by atoms with Crippen LogP contribution in [0.4, 0.5) is 5.82 Å². The second-order valence-corrected chi connectivity index (χ2v) is 6.47. The number of amides is 1. The lowest BCUT2D eigenvalue weighted by Gasteiger charge is -2.17. The van der Waals surface area contributed by atoms with Crippen LogP contribution in [0.2, 0.25) is 0 Å². The Morgan fingerprint density at radius 2 is 1.93 bits per heavy atom. The summed E-state index contributed by atoms with van der Waals surface area (Å²) in [7, 11) is 1.58. The molecule has 1 amide bonds. The molecule has 8 heteroatoms. The van der Waals surface area contributed by atoms with Crippen molar-refractivity contribution in [3.63, 3.8) is 0 Å². The summed E-state index contributed by atoms with van der Waals surface area (Å²) in [5, 5.41) is 2.76. The van der Waals surface area contributed by atoms with E-state index in [2.05, 4.69) is 20.2 Å². The summed E-state index contributed by atoms with van der Waals surface area (Å²) in [5.74, 6) is 3.14. The number of anilines is 1. The van der Waals surface area contributed by atoms with Crippen LogP contribution in [0, 0.1) is 6.92 Å². The van der Waals surface area contributed by atoms with Crippen LogP contribution in [0.1, 0.15) is 18.7 Å². The fourth-order valence-electron chi connectivity index (χ4n) is 2.94. The van der Waals surface area contributed by atoms with Crippen molar-refractivity contribution in [1.82, 2.24) is 15.3 Å². The van der Waals surface area contributed by atoms with E-state index in [4.69, 9.17) is 14.2 Å². The van der Waals surface area contributed by atoms with E-state index in [1.54, 1.807) is 25.3 Å². The average molecular weight is 386 g/mol. The molecule has 1 aromatic carbocycles. The number of hydrogen-bond donors (Lipinski definition) is 1. The number of nitrogens with zero attached hydrogens (tertiary/aromatic N) is 3. The van der Waals surface area contributed by atoms with Crippen LogP contribution >= 0.6 is 0 Å². The third-order valence-electron chi connectivity index (χ3n) is 4.32. The largest absolute Gasteiger partial charge is 0.497 e. The fraction of sp³-hybridized carbons (Fsp3) is 0.450. The first-order valence-electron chi connectivity index (χ1n) is 9.41. The number of benzene rings is 1. The van der Waals surface area contributed by atoms with Crippen LogP contribution in [-0.4, -0.2) is 55.8 Å². The molecule has 1 aliphatic heterocycles. The molecule has 28 heavy (non-hydrogen) atoms. The highest BCUT2D eigenvalue weighted by molar-refractivity contribution is 5.77. The lowest BCUT2D eigenvalue weighted by atomic mass is 10.3. The van der Waals surface area contributed by atoms with Crippen molar-refractivity contribution in [1.29, 1.82) is 0 Å². The van der Waals surface area contributed by atoms with Gasteiger partial charge in [-0.3, -0.25) is 4.79 Å². The van der Waals surface area contributed by atoms with E-state index in [0.29, 0.717) is 36.4 Å². The van der Waals surface area contributed by atoms with Crippen LogP contribution in [0.5, 0.6) is 17.4 Å². The molecule has 1 aromatic heterocycles. The maximum Gasteiger partial charge on any atom is 0.258 e. The quantitative estimate of drug-likeness (QED) is 0.660. The lowest BCUT2D eigenvalue weighted by Crippen LogP contribution is -2.32. The molecule has 0 spiro atoms.